The number of benzene rings is 6. The third-order valence-electron chi connectivity index (χ3n) is 13.6. The van der Waals surface area contributed by atoms with Gasteiger partial charge < -0.3 is 53.1 Å². The predicted molar refractivity (Wildman–Crippen MR) is 365 cm³/mol. The standard InChI is InChI=1S/C23H27NO4.C18H19NO2.C15H16BrNO2.C9H14O2.C8H12O2.ClH/c1-23(2,3)28-22(25)24-20-14-13-17(18-10-4-5-11-19(18)20)9-8-16-27-21-12-6-7-15-26-21;19-17-11-10-14(15-7-1-2-8-16(15)17)6-5-13-21-18-9-3-4-12-20-18;1-15(2,3)19-14(18)17-13-9-8-12(16)10-6-4-5-7-11(10)13;1-2-3-7-10-9-6-4-5-8-11-9;1-2-6-9-8-5-3-4-7-10-8;/h4-5,10-11,13-14,21H,6-7,12,15-16H2,1-3H3,(H,24,25);1-2,7-8,10-11,18H,3-4,9,12-13,19H2;4-9H,1-3H3,(H,17,18);9H,4-8H2,1H3;1,8H,3-7H2;1H. The molecule has 0 aliphatic carbocycles. The number of hydrogen-bond donors (Lipinski definition) is 3. The number of nitrogens with one attached hydrogen (secondary N) is 2. The van der Waals surface area contributed by atoms with E-state index in [4.69, 9.17) is 59.5 Å². The number of nitrogen functional groups attached to an aromatic ring is 1. The van der Waals surface area contributed by atoms with Crippen LogP contribution in [0, 0.1) is 47.9 Å². The van der Waals surface area contributed by atoms with E-state index in [0.29, 0.717) is 32.1 Å². The molecule has 0 radical (unpaired) electrons. The second-order valence-corrected chi connectivity index (χ2v) is 23.9. The van der Waals surface area contributed by atoms with Crippen molar-refractivity contribution in [3.8, 4) is 47.9 Å². The number of hydrogen-bond acceptors (Lipinski definition) is 13. The highest BCUT2D eigenvalue weighted by molar-refractivity contribution is 9.10. The number of carbonyl (C=O) groups excluding carboxylic acids is 2. The van der Waals surface area contributed by atoms with E-state index in [1.54, 1.807) is 0 Å². The van der Waals surface area contributed by atoms with E-state index in [-0.39, 0.29) is 37.6 Å². The van der Waals surface area contributed by atoms with Crippen LogP contribution in [-0.4, -0.2) is 101 Å². The van der Waals surface area contributed by atoms with E-state index in [0.717, 1.165) is 137 Å². The molecule has 15 nitrogen and oxygen atoms in total. The molecule has 6 aromatic carbocycles. The van der Waals surface area contributed by atoms with Crippen molar-refractivity contribution in [2.75, 3.05) is 69.2 Å². The van der Waals surface area contributed by atoms with Crippen LogP contribution in [0.5, 0.6) is 0 Å². The van der Waals surface area contributed by atoms with Crippen molar-refractivity contribution in [3.05, 3.63) is 125 Å². The molecule has 0 bridgehead atoms. The number of terminal acetylenes is 1. The van der Waals surface area contributed by atoms with Gasteiger partial charge in [-0.25, -0.2) is 9.59 Å². The van der Waals surface area contributed by atoms with Gasteiger partial charge in [-0.3, -0.25) is 10.6 Å². The Morgan fingerprint density at radius 1 is 0.500 bits per heavy atom. The summed E-state index contributed by atoms with van der Waals surface area (Å²) < 4.78 is 55.1. The number of carbonyl (C=O) groups is 2. The van der Waals surface area contributed by atoms with E-state index in [1.165, 1.54) is 25.7 Å². The zero-order valence-corrected chi connectivity index (χ0v) is 55.6. The molecule has 4 fully saturated rings. The lowest BCUT2D eigenvalue weighted by atomic mass is 10.0. The minimum atomic E-state index is -0.548. The second-order valence-electron chi connectivity index (χ2n) is 23.0. The predicted octanol–water partition coefficient (Wildman–Crippen LogP) is 16.5. The van der Waals surface area contributed by atoms with Crippen LogP contribution < -0.4 is 16.4 Å². The third-order valence-corrected chi connectivity index (χ3v) is 14.3. The average molecular weight is 1320 g/mol. The Labute approximate surface area is 547 Å². The molecule has 0 aromatic heterocycles. The molecule has 90 heavy (non-hydrogen) atoms. The molecule has 4 heterocycles. The summed E-state index contributed by atoms with van der Waals surface area (Å²) in [5.74, 6) is 20.5. The highest BCUT2D eigenvalue weighted by Gasteiger charge is 2.20. The number of anilines is 3. The summed E-state index contributed by atoms with van der Waals surface area (Å²) in [5.41, 5.74) is 9.02. The molecule has 4 unspecified atom stereocenters. The lowest BCUT2D eigenvalue weighted by Gasteiger charge is -2.21. The topological polar surface area (TPSA) is 177 Å². The molecule has 4 saturated heterocycles. The summed E-state index contributed by atoms with van der Waals surface area (Å²) in [6, 6.07) is 35.1. The molecule has 4 N–H and O–H groups in total. The Balaban J connectivity index is 0.000000214. The maximum Gasteiger partial charge on any atom is 0.412 e. The summed E-state index contributed by atoms with van der Waals surface area (Å²) in [6.45, 7) is 17.6. The Hall–Kier alpha value is -6.87. The van der Waals surface area contributed by atoms with Gasteiger partial charge in [0.05, 0.1) is 11.4 Å². The third kappa shape index (κ3) is 27.3. The minimum Gasteiger partial charge on any atom is -0.444 e. The fourth-order valence-electron chi connectivity index (χ4n) is 9.40. The lowest BCUT2D eigenvalue weighted by Crippen LogP contribution is -2.27. The fourth-order valence-corrected chi connectivity index (χ4v) is 9.87. The number of fused-ring (bicyclic) bond motifs is 3. The second kappa shape index (κ2) is 40.1. The normalized spacial score (nSPS) is 17.7. The van der Waals surface area contributed by atoms with Gasteiger partial charge in [0, 0.05) is 63.9 Å². The van der Waals surface area contributed by atoms with Crippen LogP contribution in [-0.2, 0) is 47.4 Å². The first kappa shape index (κ1) is 73.9. The highest BCUT2D eigenvalue weighted by atomic mass is 79.9. The first-order valence-corrected chi connectivity index (χ1v) is 31.5. The van der Waals surface area contributed by atoms with E-state index in [2.05, 4.69) is 68.0 Å². The smallest absolute Gasteiger partial charge is 0.412 e. The van der Waals surface area contributed by atoms with Gasteiger partial charge in [-0.1, -0.05) is 124 Å². The fraction of sp³-hybridized carbons (Fsp3) is 0.452. The lowest BCUT2D eigenvalue weighted by molar-refractivity contribution is -0.154. The Bertz CT molecular complexity index is 3410. The van der Waals surface area contributed by atoms with Crippen LogP contribution in [0.4, 0.5) is 26.7 Å². The number of ether oxygens (including phenoxy) is 10. The van der Waals surface area contributed by atoms with Crippen molar-refractivity contribution in [3.63, 3.8) is 0 Å². The molecular weight excluding hydrogens is 1230 g/mol. The zero-order chi connectivity index (χ0) is 63.7. The van der Waals surface area contributed by atoms with Gasteiger partial charge in [0.25, 0.3) is 0 Å². The molecule has 4 aliphatic heterocycles. The number of amides is 2. The Morgan fingerprint density at radius 2 is 0.856 bits per heavy atom. The number of halogens is 2. The van der Waals surface area contributed by atoms with Gasteiger partial charge in [-0.2, -0.15) is 0 Å². The molecule has 0 saturated carbocycles. The molecular formula is C73H89BrClN3O12. The first-order chi connectivity index (χ1) is 43.0. The molecule has 0 spiro atoms. The summed E-state index contributed by atoms with van der Waals surface area (Å²) in [4.78, 5) is 23.9. The van der Waals surface area contributed by atoms with Gasteiger partial charge in [-0.05, 0) is 178 Å². The largest absolute Gasteiger partial charge is 0.444 e. The van der Waals surface area contributed by atoms with Crippen LogP contribution in [0.15, 0.2) is 114 Å². The maximum absolute atomic E-state index is 12.1. The van der Waals surface area contributed by atoms with Crippen molar-refractivity contribution < 1.29 is 57.0 Å². The van der Waals surface area contributed by atoms with Gasteiger partial charge >= 0.3 is 12.2 Å². The molecule has 4 aliphatic rings. The van der Waals surface area contributed by atoms with Crippen LogP contribution in [0.3, 0.4) is 0 Å². The molecule has 4 atom stereocenters. The molecule has 17 heteroatoms. The van der Waals surface area contributed by atoms with E-state index >= 15 is 0 Å². The summed E-state index contributed by atoms with van der Waals surface area (Å²) >= 11 is 3.50. The monoisotopic (exact) mass is 1310 g/mol. The van der Waals surface area contributed by atoms with Gasteiger partial charge in [0.2, 0.25) is 0 Å². The van der Waals surface area contributed by atoms with Crippen LogP contribution in [0.2, 0.25) is 0 Å². The van der Waals surface area contributed by atoms with Gasteiger partial charge in [0.15, 0.2) is 25.2 Å². The number of nitrogens with two attached hydrogens (primary N) is 1. The summed E-state index contributed by atoms with van der Waals surface area (Å²) in [7, 11) is 0. The summed E-state index contributed by atoms with van der Waals surface area (Å²) in [6.07, 6.45) is 17.0. The molecule has 6 aromatic rings. The molecule has 2 amide bonds. The van der Waals surface area contributed by atoms with E-state index in [9.17, 15) is 9.59 Å². The number of rotatable bonds is 10. The van der Waals surface area contributed by atoms with Crippen molar-refractivity contribution in [1.82, 2.24) is 0 Å². The van der Waals surface area contributed by atoms with Crippen molar-refractivity contribution in [2.24, 2.45) is 0 Å². The average Bonchev–Trinajstić information content (AvgIpc) is 0.994. The highest BCUT2D eigenvalue weighted by Crippen LogP contribution is 2.31. The molecule has 10 rings (SSSR count). The maximum atomic E-state index is 12.1. The van der Waals surface area contributed by atoms with Crippen LogP contribution in [0.25, 0.3) is 32.3 Å². The Kier molecular flexibility index (Phi) is 32.9. The van der Waals surface area contributed by atoms with E-state index < -0.39 is 23.4 Å². The Morgan fingerprint density at radius 3 is 1.26 bits per heavy atom. The van der Waals surface area contributed by atoms with Crippen molar-refractivity contribution in [2.45, 2.75) is 162 Å². The SMILES string of the molecule is C#CCOC1CCCCO1.CC#CCOC1CCCCO1.CC(C)(C)OC(=O)Nc1ccc(Br)c2ccccc12.CC(C)(C)OC(=O)Nc1ccc(C#CCOC2CCCCO2)c2ccccc12.Cl.Nc1ccc(C#CCOC2CCCCO2)c2ccccc12. The zero-order valence-electron chi connectivity index (χ0n) is 53.2. The van der Waals surface area contributed by atoms with Crippen LogP contribution in [0.1, 0.15) is 137 Å². The first-order valence-electron chi connectivity index (χ1n) is 30.7. The van der Waals surface area contributed by atoms with Crippen LogP contribution >= 0.6 is 28.3 Å². The van der Waals surface area contributed by atoms with Crippen molar-refractivity contribution in [1.29, 1.82) is 0 Å². The van der Waals surface area contributed by atoms with Gasteiger partial charge in [0.1, 0.15) is 37.6 Å². The molecule has 482 valence electrons. The van der Waals surface area contributed by atoms with E-state index in [1.807, 2.05) is 158 Å². The quantitative estimate of drug-likeness (QED) is 0.0873. The van der Waals surface area contributed by atoms with Gasteiger partial charge in [-0.15, -0.1) is 24.8 Å². The minimum absolute atomic E-state index is 0. The summed E-state index contributed by atoms with van der Waals surface area (Å²) in [5, 5.41) is 11.6. The van der Waals surface area contributed by atoms with Crippen molar-refractivity contribution >= 4 is 89.9 Å².